The summed E-state index contributed by atoms with van der Waals surface area (Å²) in [6, 6.07) is -0.829. The first-order valence-corrected chi connectivity index (χ1v) is 6.15. The topological polar surface area (TPSA) is 59.8 Å². The lowest BCUT2D eigenvalue weighted by molar-refractivity contribution is -0.189. The summed E-state index contributed by atoms with van der Waals surface area (Å²) in [5.74, 6) is -1.91. The predicted octanol–water partition coefficient (Wildman–Crippen LogP) is 1.52. The van der Waals surface area contributed by atoms with Gasteiger partial charge in [-0.1, -0.05) is 12.8 Å². The molecule has 0 saturated heterocycles. The van der Waals surface area contributed by atoms with E-state index in [1.54, 1.807) is 0 Å². The summed E-state index contributed by atoms with van der Waals surface area (Å²) in [6.45, 7) is -0.110. The molecule has 0 aromatic carbocycles. The van der Waals surface area contributed by atoms with Crippen LogP contribution in [0.25, 0.3) is 0 Å². The minimum atomic E-state index is -4.26. The summed E-state index contributed by atoms with van der Waals surface area (Å²) >= 11 is 0. The fraction of sp³-hybridized carbons (Fsp3) is 0.727. The van der Waals surface area contributed by atoms with Gasteiger partial charge in [0, 0.05) is 6.04 Å². The molecule has 106 valence electrons. The van der Waals surface area contributed by atoms with Crippen molar-refractivity contribution >= 4 is 5.91 Å². The van der Waals surface area contributed by atoms with Crippen molar-refractivity contribution in [1.82, 2.24) is 20.1 Å². The highest BCUT2D eigenvalue weighted by Crippen LogP contribution is 2.37. The molecule has 0 unspecified atom stereocenters. The Morgan fingerprint density at radius 3 is 2.74 bits per heavy atom. The second-order valence-electron chi connectivity index (χ2n) is 4.70. The van der Waals surface area contributed by atoms with Crippen LogP contribution in [0.3, 0.4) is 0 Å². The molecule has 1 N–H and O–H groups in total. The third kappa shape index (κ3) is 3.68. The van der Waals surface area contributed by atoms with Crippen LogP contribution in [0.1, 0.15) is 25.7 Å². The van der Waals surface area contributed by atoms with E-state index in [0.717, 1.165) is 0 Å². The van der Waals surface area contributed by atoms with Crippen molar-refractivity contribution in [2.45, 2.75) is 44.4 Å². The number of hydrogen-bond acceptors (Lipinski definition) is 3. The van der Waals surface area contributed by atoms with E-state index >= 15 is 0 Å². The minimum Gasteiger partial charge on any atom is -0.351 e. The Morgan fingerprint density at radius 1 is 1.37 bits per heavy atom. The van der Waals surface area contributed by atoms with E-state index < -0.39 is 24.0 Å². The van der Waals surface area contributed by atoms with Gasteiger partial charge in [-0.05, 0) is 12.8 Å². The number of nitrogens with one attached hydrogen (secondary N) is 1. The fourth-order valence-corrected chi connectivity index (χ4v) is 2.41. The van der Waals surface area contributed by atoms with E-state index in [4.69, 9.17) is 0 Å². The summed E-state index contributed by atoms with van der Waals surface area (Å²) in [5.41, 5.74) is 0. The van der Waals surface area contributed by atoms with E-state index in [2.05, 4.69) is 15.4 Å². The lowest BCUT2D eigenvalue weighted by Gasteiger charge is -2.33. The lowest BCUT2D eigenvalue weighted by Crippen LogP contribution is -2.48. The Kier molecular flexibility index (Phi) is 4.06. The largest absolute Gasteiger partial charge is 0.393 e. The van der Waals surface area contributed by atoms with E-state index in [0.29, 0.717) is 19.3 Å². The molecule has 19 heavy (non-hydrogen) atoms. The molecule has 1 aliphatic rings. The molecular formula is C11H15F3N4O. The van der Waals surface area contributed by atoms with Crippen molar-refractivity contribution in [1.29, 1.82) is 0 Å². The van der Waals surface area contributed by atoms with Crippen molar-refractivity contribution in [3.63, 3.8) is 0 Å². The third-order valence-corrected chi connectivity index (χ3v) is 3.30. The Morgan fingerprint density at radius 2 is 2.11 bits per heavy atom. The number of amides is 1. The number of hydrogen-bond donors (Lipinski definition) is 1. The fourth-order valence-electron chi connectivity index (χ4n) is 2.41. The highest BCUT2D eigenvalue weighted by atomic mass is 19.4. The Hall–Kier alpha value is -1.60. The van der Waals surface area contributed by atoms with Gasteiger partial charge in [-0.15, -0.1) is 0 Å². The van der Waals surface area contributed by atoms with Gasteiger partial charge in [0.15, 0.2) is 0 Å². The molecule has 1 aromatic rings. The Bertz CT molecular complexity index is 418. The molecule has 1 amide bonds. The number of alkyl halides is 3. The van der Waals surface area contributed by atoms with Crippen LogP contribution < -0.4 is 5.32 Å². The number of rotatable bonds is 3. The van der Waals surface area contributed by atoms with Crippen LogP contribution in [0.4, 0.5) is 13.2 Å². The van der Waals surface area contributed by atoms with Gasteiger partial charge in [0.05, 0.1) is 5.92 Å². The summed E-state index contributed by atoms with van der Waals surface area (Å²) < 4.78 is 39.8. The maximum Gasteiger partial charge on any atom is 0.393 e. The summed E-state index contributed by atoms with van der Waals surface area (Å²) in [5, 5.41) is 6.21. The second kappa shape index (κ2) is 5.58. The van der Waals surface area contributed by atoms with Gasteiger partial charge < -0.3 is 5.32 Å². The Labute approximate surface area is 108 Å². The molecule has 0 radical (unpaired) electrons. The number of carbonyl (C=O) groups is 1. The van der Waals surface area contributed by atoms with Gasteiger partial charge in [-0.25, -0.2) is 9.67 Å². The maximum absolute atomic E-state index is 12.8. The molecule has 5 nitrogen and oxygen atoms in total. The SMILES string of the molecule is O=C(Cn1cncn1)N[C@@H]1CCCC[C@H]1C(F)(F)F. The zero-order valence-electron chi connectivity index (χ0n) is 10.2. The van der Waals surface area contributed by atoms with E-state index in [1.165, 1.54) is 17.3 Å². The van der Waals surface area contributed by atoms with E-state index in [-0.39, 0.29) is 13.0 Å². The minimum absolute atomic E-state index is 0.0811. The van der Waals surface area contributed by atoms with E-state index in [9.17, 15) is 18.0 Å². The standard InChI is InChI=1S/C11H15F3N4O/c12-11(13,14)8-3-1-2-4-9(8)17-10(19)5-18-7-15-6-16-18/h6-9H,1-5H2,(H,17,19)/t8-,9-/m1/s1. The van der Waals surface area contributed by atoms with Crippen LogP contribution in [0.15, 0.2) is 12.7 Å². The molecular weight excluding hydrogens is 261 g/mol. The highest BCUT2D eigenvalue weighted by Gasteiger charge is 2.45. The second-order valence-corrected chi connectivity index (χ2v) is 4.70. The molecule has 2 rings (SSSR count). The number of carbonyl (C=O) groups excluding carboxylic acids is 1. The zero-order valence-corrected chi connectivity index (χ0v) is 10.2. The lowest BCUT2D eigenvalue weighted by atomic mass is 9.84. The number of aromatic nitrogens is 3. The van der Waals surface area contributed by atoms with Gasteiger partial charge >= 0.3 is 6.18 Å². The molecule has 8 heteroatoms. The third-order valence-electron chi connectivity index (χ3n) is 3.30. The summed E-state index contributed by atoms with van der Waals surface area (Å²) in [7, 11) is 0. The van der Waals surface area contributed by atoms with Crippen molar-refractivity contribution in [2.75, 3.05) is 0 Å². The van der Waals surface area contributed by atoms with E-state index in [1.807, 2.05) is 0 Å². The summed E-state index contributed by atoms with van der Waals surface area (Å²) in [6.07, 6.45) is 0.0746. The first kappa shape index (κ1) is 13.8. The van der Waals surface area contributed by atoms with Crippen molar-refractivity contribution in [3.8, 4) is 0 Å². The van der Waals surface area contributed by atoms with Gasteiger partial charge in [-0.3, -0.25) is 4.79 Å². The average Bonchev–Trinajstić information content (AvgIpc) is 2.81. The van der Waals surface area contributed by atoms with Gasteiger partial charge in [0.25, 0.3) is 0 Å². The first-order chi connectivity index (χ1) is 8.97. The average molecular weight is 276 g/mol. The van der Waals surface area contributed by atoms with Crippen LogP contribution in [0, 0.1) is 5.92 Å². The van der Waals surface area contributed by atoms with Gasteiger partial charge in [0.1, 0.15) is 19.2 Å². The van der Waals surface area contributed by atoms with Gasteiger partial charge in [-0.2, -0.15) is 18.3 Å². The predicted molar refractivity (Wildman–Crippen MR) is 60.0 cm³/mol. The van der Waals surface area contributed by atoms with Crippen molar-refractivity contribution in [3.05, 3.63) is 12.7 Å². The number of halogens is 3. The smallest absolute Gasteiger partial charge is 0.351 e. The van der Waals surface area contributed by atoms with Crippen LogP contribution in [0.5, 0.6) is 0 Å². The molecule has 0 aliphatic heterocycles. The maximum atomic E-state index is 12.8. The summed E-state index contributed by atoms with van der Waals surface area (Å²) in [4.78, 5) is 15.4. The Balaban J connectivity index is 1.94. The molecule has 1 aromatic heterocycles. The molecule has 1 heterocycles. The van der Waals surface area contributed by atoms with Crippen molar-refractivity contribution < 1.29 is 18.0 Å². The first-order valence-electron chi connectivity index (χ1n) is 6.15. The van der Waals surface area contributed by atoms with Crippen LogP contribution in [0.2, 0.25) is 0 Å². The molecule has 1 aliphatic carbocycles. The highest BCUT2D eigenvalue weighted by molar-refractivity contribution is 5.75. The van der Waals surface area contributed by atoms with Crippen LogP contribution >= 0.6 is 0 Å². The van der Waals surface area contributed by atoms with Crippen LogP contribution in [-0.4, -0.2) is 32.9 Å². The molecule has 1 saturated carbocycles. The monoisotopic (exact) mass is 276 g/mol. The number of nitrogens with zero attached hydrogens (tertiary/aromatic N) is 3. The molecule has 0 spiro atoms. The van der Waals surface area contributed by atoms with Crippen molar-refractivity contribution in [2.24, 2.45) is 5.92 Å². The molecule has 1 fully saturated rings. The molecule has 2 atom stereocenters. The molecule has 0 bridgehead atoms. The normalized spacial score (nSPS) is 24.2. The zero-order chi connectivity index (χ0) is 13.9. The van der Waals surface area contributed by atoms with Gasteiger partial charge in [0.2, 0.25) is 5.91 Å². The quantitative estimate of drug-likeness (QED) is 0.910. The van der Waals surface area contributed by atoms with Crippen LogP contribution in [-0.2, 0) is 11.3 Å².